The molecule has 0 bridgehead atoms. The first-order valence-electron chi connectivity index (χ1n) is 6.94. The third kappa shape index (κ3) is 2.07. The van der Waals surface area contributed by atoms with Crippen molar-refractivity contribution in [2.75, 3.05) is 5.73 Å². The van der Waals surface area contributed by atoms with E-state index in [1.165, 1.54) is 11.1 Å². The monoisotopic (exact) mass is 278 g/mol. The van der Waals surface area contributed by atoms with Crippen LogP contribution in [-0.2, 0) is 6.42 Å². The number of hydrogen-bond acceptors (Lipinski definition) is 5. The number of nitrogens with two attached hydrogens (primary N) is 1. The number of nitrogen functional groups attached to an aromatic ring is 1. The second-order valence-electron chi connectivity index (χ2n) is 5.22. The van der Waals surface area contributed by atoms with Gasteiger partial charge in [0, 0.05) is 17.7 Å². The molecule has 1 atom stereocenters. The Morgan fingerprint density at radius 1 is 1.19 bits per heavy atom. The fourth-order valence-corrected chi connectivity index (χ4v) is 2.90. The molecule has 21 heavy (non-hydrogen) atoms. The van der Waals surface area contributed by atoms with Crippen LogP contribution in [0.25, 0.3) is 11.5 Å². The van der Waals surface area contributed by atoms with Gasteiger partial charge in [-0.25, -0.2) is 4.98 Å². The lowest BCUT2D eigenvalue weighted by atomic mass is 10.0. The minimum Gasteiger partial charge on any atom is -0.384 e. The Kier molecular flexibility index (Phi) is 2.70. The maximum atomic E-state index is 5.69. The number of nitrogens with zero attached hydrogens (tertiary/aromatic N) is 3. The van der Waals surface area contributed by atoms with Crippen LogP contribution in [0.15, 0.2) is 47.1 Å². The molecule has 0 amide bonds. The number of benzene rings is 1. The van der Waals surface area contributed by atoms with E-state index < -0.39 is 0 Å². The summed E-state index contributed by atoms with van der Waals surface area (Å²) in [7, 11) is 0. The van der Waals surface area contributed by atoms with Crippen LogP contribution in [0.2, 0.25) is 0 Å². The summed E-state index contributed by atoms with van der Waals surface area (Å²) in [6, 6.07) is 12.0. The second-order valence-corrected chi connectivity index (χ2v) is 5.22. The Morgan fingerprint density at radius 2 is 2.10 bits per heavy atom. The molecule has 4 rings (SSSR count). The van der Waals surface area contributed by atoms with E-state index in [0.29, 0.717) is 11.7 Å². The maximum absolute atomic E-state index is 5.69. The molecule has 0 saturated heterocycles. The summed E-state index contributed by atoms with van der Waals surface area (Å²) in [6.07, 6.45) is 3.73. The fourth-order valence-electron chi connectivity index (χ4n) is 2.90. The Bertz CT molecular complexity index is 796. The molecule has 1 unspecified atom stereocenters. The van der Waals surface area contributed by atoms with E-state index in [2.05, 4.69) is 39.4 Å². The van der Waals surface area contributed by atoms with Crippen molar-refractivity contribution in [1.82, 2.24) is 15.1 Å². The summed E-state index contributed by atoms with van der Waals surface area (Å²) in [5, 5.41) is 4.16. The summed E-state index contributed by atoms with van der Waals surface area (Å²) in [5.41, 5.74) is 9.17. The molecule has 0 radical (unpaired) electrons. The number of aromatic nitrogens is 3. The first kappa shape index (κ1) is 12.1. The van der Waals surface area contributed by atoms with E-state index in [1.54, 1.807) is 12.3 Å². The largest absolute Gasteiger partial charge is 0.384 e. The van der Waals surface area contributed by atoms with Crippen molar-refractivity contribution in [1.29, 1.82) is 0 Å². The van der Waals surface area contributed by atoms with Crippen molar-refractivity contribution in [3.63, 3.8) is 0 Å². The van der Waals surface area contributed by atoms with Crippen LogP contribution < -0.4 is 5.73 Å². The minimum atomic E-state index is 0.220. The van der Waals surface area contributed by atoms with E-state index in [-0.39, 0.29) is 5.92 Å². The number of fused-ring (bicyclic) bond motifs is 1. The second kappa shape index (κ2) is 4.70. The van der Waals surface area contributed by atoms with Crippen LogP contribution in [-0.4, -0.2) is 15.1 Å². The molecule has 1 aliphatic rings. The van der Waals surface area contributed by atoms with Crippen LogP contribution in [0, 0.1) is 0 Å². The van der Waals surface area contributed by atoms with E-state index in [9.17, 15) is 0 Å². The molecule has 0 fully saturated rings. The Labute approximate surface area is 121 Å². The summed E-state index contributed by atoms with van der Waals surface area (Å²) in [5.74, 6) is 1.89. The Hall–Kier alpha value is -2.69. The van der Waals surface area contributed by atoms with Crippen LogP contribution in [0.4, 0.5) is 5.82 Å². The highest BCUT2D eigenvalue weighted by Gasteiger charge is 2.27. The van der Waals surface area contributed by atoms with Crippen molar-refractivity contribution >= 4 is 5.82 Å². The van der Waals surface area contributed by atoms with E-state index >= 15 is 0 Å². The van der Waals surface area contributed by atoms with Crippen molar-refractivity contribution in [3.05, 3.63) is 59.5 Å². The van der Waals surface area contributed by atoms with Gasteiger partial charge in [0.15, 0.2) is 5.82 Å². The smallest absolute Gasteiger partial charge is 0.258 e. The standard InChI is InChI=1S/C16H14N4O/c17-14-9-11(7-8-18-14)16-19-15(20-21-16)13-6-5-10-3-1-2-4-12(10)13/h1-4,7-9,13H,5-6H2,(H2,17,18). The third-order valence-corrected chi connectivity index (χ3v) is 3.91. The molecule has 0 saturated carbocycles. The number of aryl methyl sites for hydroxylation is 1. The summed E-state index contributed by atoms with van der Waals surface area (Å²) in [6.45, 7) is 0. The average molecular weight is 278 g/mol. The lowest BCUT2D eigenvalue weighted by Gasteiger charge is -2.05. The zero-order valence-corrected chi connectivity index (χ0v) is 11.4. The van der Waals surface area contributed by atoms with Crippen LogP contribution in [0.5, 0.6) is 0 Å². The fraction of sp³-hybridized carbons (Fsp3) is 0.188. The molecule has 5 heteroatoms. The first-order valence-corrected chi connectivity index (χ1v) is 6.94. The van der Waals surface area contributed by atoms with Crippen molar-refractivity contribution in [2.24, 2.45) is 0 Å². The zero-order valence-electron chi connectivity index (χ0n) is 11.4. The van der Waals surface area contributed by atoms with E-state index in [1.807, 2.05) is 6.07 Å². The molecule has 1 aliphatic carbocycles. The zero-order chi connectivity index (χ0) is 14.2. The molecule has 104 valence electrons. The van der Waals surface area contributed by atoms with Gasteiger partial charge in [-0.1, -0.05) is 29.4 Å². The molecule has 3 aromatic rings. The Balaban J connectivity index is 1.70. The summed E-state index contributed by atoms with van der Waals surface area (Å²) in [4.78, 5) is 8.51. The SMILES string of the molecule is Nc1cc(-c2nc(C3CCc4ccccc43)no2)ccn1. The molecular formula is C16H14N4O. The van der Waals surface area contributed by atoms with Gasteiger partial charge in [-0.05, 0) is 36.1 Å². The van der Waals surface area contributed by atoms with E-state index in [0.717, 1.165) is 24.2 Å². The highest BCUT2D eigenvalue weighted by atomic mass is 16.5. The quantitative estimate of drug-likeness (QED) is 0.779. The molecule has 5 nitrogen and oxygen atoms in total. The summed E-state index contributed by atoms with van der Waals surface area (Å²) < 4.78 is 5.39. The van der Waals surface area contributed by atoms with Gasteiger partial charge < -0.3 is 10.3 Å². The normalized spacial score (nSPS) is 16.9. The predicted molar refractivity (Wildman–Crippen MR) is 78.5 cm³/mol. The number of rotatable bonds is 2. The van der Waals surface area contributed by atoms with Gasteiger partial charge >= 0.3 is 0 Å². The minimum absolute atomic E-state index is 0.220. The van der Waals surface area contributed by atoms with Crippen LogP contribution in [0.1, 0.15) is 29.3 Å². The predicted octanol–water partition coefficient (Wildman–Crippen LogP) is 2.79. The molecule has 2 N–H and O–H groups in total. The molecule has 2 aromatic heterocycles. The van der Waals surface area contributed by atoms with Crippen molar-refractivity contribution in [3.8, 4) is 11.5 Å². The van der Waals surface area contributed by atoms with Crippen molar-refractivity contribution < 1.29 is 4.52 Å². The maximum Gasteiger partial charge on any atom is 0.258 e. The van der Waals surface area contributed by atoms with Crippen molar-refractivity contribution in [2.45, 2.75) is 18.8 Å². The van der Waals surface area contributed by atoms with Gasteiger partial charge in [0.2, 0.25) is 0 Å². The molecular weight excluding hydrogens is 264 g/mol. The van der Waals surface area contributed by atoms with Gasteiger partial charge in [0.1, 0.15) is 5.82 Å². The first-order chi connectivity index (χ1) is 10.3. The Morgan fingerprint density at radius 3 is 3.00 bits per heavy atom. The summed E-state index contributed by atoms with van der Waals surface area (Å²) >= 11 is 0. The molecule has 2 heterocycles. The topological polar surface area (TPSA) is 77.8 Å². The van der Waals surface area contributed by atoms with Gasteiger partial charge in [-0.15, -0.1) is 0 Å². The highest BCUT2D eigenvalue weighted by molar-refractivity contribution is 5.56. The average Bonchev–Trinajstić information content (AvgIpc) is 3.14. The lowest BCUT2D eigenvalue weighted by Crippen LogP contribution is -1.98. The lowest BCUT2D eigenvalue weighted by molar-refractivity contribution is 0.419. The highest BCUT2D eigenvalue weighted by Crippen LogP contribution is 2.37. The number of anilines is 1. The van der Waals surface area contributed by atoms with Gasteiger partial charge in [-0.2, -0.15) is 4.98 Å². The molecule has 1 aromatic carbocycles. The molecule has 0 aliphatic heterocycles. The van der Waals surface area contributed by atoms with Gasteiger partial charge in [0.25, 0.3) is 5.89 Å². The van der Waals surface area contributed by atoms with Crippen LogP contribution in [0.3, 0.4) is 0 Å². The number of pyridine rings is 1. The van der Waals surface area contributed by atoms with Gasteiger partial charge in [0.05, 0.1) is 0 Å². The van der Waals surface area contributed by atoms with Gasteiger partial charge in [-0.3, -0.25) is 0 Å². The van der Waals surface area contributed by atoms with E-state index in [4.69, 9.17) is 10.3 Å². The molecule has 0 spiro atoms. The number of hydrogen-bond donors (Lipinski definition) is 1. The third-order valence-electron chi connectivity index (χ3n) is 3.91. The van der Waals surface area contributed by atoms with Crippen LogP contribution >= 0.6 is 0 Å².